The normalized spacial score (nSPS) is 14.7. The first-order chi connectivity index (χ1) is 17.1. The molecule has 3 heterocycles. The third-order valence-electron chi connectivity index (χ3n) is 6.44. The third-order valence-corrected chi connectivity index (χ3v) is 7.84. The average Bonchev–Trinajstić information content (AvgIpc) is 3.25. The molecular formula is C29H30ClN3O2S. The van der Waals surface area contributed by atoms with Gasteiger partial charge in [-0.1, -0.05) is 35.1 Å². The van der Waals surface area contributed by atoms with Crippen LogP contribution >= 0.6 is 22.9 Å². The number of fused-ring (bicyclic) bond motifs is 2. The number of ether oxygens (including phenoxy) is 1. The first-order valence-corrected chi connectivity index (χ1v) is 13.3. The predicted molar refractivity (Wildman–Crippen MR) is 148 cm³/mol. The number of carbonyl (C=O) groups excluding carboxylic acids is 1. The lowest BCUT2D eigenvalue weighted by molar-refractivity contribution is -0.138. The molecule has 0 bridgehead atoms. The summed E-state index contributed by atoms with van der Waals surface area (Å²) >= 11 is 7.91. The van der Waals surface area contributed by atoms with Crippen molar-refractivity contribution in [3.05, 3.63) is 76.1 Å². The van der Waals surface area contributed by atoms with Gasteiger partial charge >= 0.3 is 0 Å². The number of benzene rings is 2. The number of pyridine rings is 1. The molecule has 186 valence electrons. The molecule has 5 rings (SSSR count). The van der Waals surface area contributed by atoms with E-state index in [1.807, 2.05) is 64.4 Å². The van der Waals surface area contributed by atoms with Crippen molar-refractivity contribution in [2.45, 2.75) is 59.3 Å². The highest BCUT2D eigenvalue weighted by atomic mass is 35.5. The Kier molecular flexibility index (Phi) is 6.62. The van der Waals surface area contributed by atoms with Crippen LogP contribution in [0.5, 0.6) is 0 Å². The van der Waals surface area contributed by atoms with Gasteiger partial charge < -0.3 is 9.64 Å². The van der Waals surface area contributed by atoms with Crippen molar-refractivity contribution in [1.29, 1.82) is 0 Å². The van der Waals surface area contributed by atoms with E-state index in [1.165, 1.54) is 11.1 Å². The van der Waals surface area contributed by atoms with Crippen LogP contribution in [0.4, 0.5) is 5.13 Å². The number of thiazole rings is 1. The minimum absolute atomic E-state index is 0.0198. The molecule has 0 amide bonds. The lowest BCUT2D eigenvalue weighted by Gasteiger charge is -2.29. The number of ketones is 1. The van der Waals surface area contributed by atoms with Gasteiger partial charge in [-0.25, -0.2) is 4.98 Å². The van der Waals surface area contributed by atoms with E-state index in [2.05, 4.69) is 22.0 Å². The lowest BCUT2D eigenvalue weighted by Crippen LogP contribution is -2.30. The molecule has 4 aromatic rings. The standard InChI is InChI=1S/C29H30ClN3O2S/c1-17-14-23-27(36-28(32-23)33-13-11-20-15-31-12-10-21(20)16-33)25(19-6-8-22(30)9-7-19)24(17)26(18(2)34)35-29(3,4)5/h6-10,12,14-15,26H,11,13,16H2,1-5H3/t26-/m1/s1. The fourth-order valence-electron chi connectivity index (χ4n) is 4.81. The Morgan fingerprint density at radius 3 is 2.61 bits per heavy atom. The smallest absolute Gasteiger partial charge is 0.186 e. The number of nitrogens with zero attached hydrogens (tertiary/aromatic N) is 3. The molecule has 0 aliphatic carbocycles. The summed E-state index contributed by atoms with van der Waals surface area (Å²) in [5, 5.41) is 1.65. The molecule has 0 N–H and O–H groups in total. The Balaban J connectivity index is 1.69. The van der Waals surface area contributed by atoms with E-state index in [0.29, 0.717) is 5.02 Å². The molecule has 2 aromatic carbocycles. The zero-order valence-corrected chi connectivity index (χ0v) is 22.8. The van der Waals surface area contributed by atoms with E-state index < -0.39 is 11.7 Å². The van der Waals surface area contributed by atoms with Crippen LogP contribution < -0.4 is 4.90 Å². The van der Waals surface area contributed by atoms with Crippen molar-refractivity contribution in [1.82, 2.24) is 9.97 Å². The quantitative estimate of drug-likeness (QED) is 0.276. The SMILES string of the molecule is CC(=O)[C@@H](OC(C)(C)C)c1c(C)cc2nc(N3CCc4cnccc4C3)sc2c1-c1ccc(Cl)cc1. The zero-order chi connectivity index (χ0) is 25.6. The third kappa shape index (κ3) is 4.90. The Bertz CT molecular complexity index is 1440. The van der Waals surface area contributed by atoms with Gasteiger partial charge in [0.15, 0.2) is 10.9 Å². The second kappa shape index (κ2) is 9.58. The van der Waals surface area contributed by atoms with E-state index >= 15 is 0 Å². The summed E-state index contributed by atoms with van der Waals surface area (Å²) in [5.41, 5.74) is 6.93. The number of hydrogen-bond donors (Lipinski definition) is 0. The van der Waals surface area contributed by atoms with Crippen LogP contribution in [0.3, 0.4) is 0 Å². The maximum absolute atomic E-state index is 12.9. The van der Waals surface area contributed by atoms with E-state index in [9.17, 15) is 4.79 Å². The largest absolute Gasteiger partial charge is 0.360 e. The van der Waals surface area contributed by atoms with Crippen LogP contribution in [-0.4, -0.2) is 27.9 Å². The van der Waals surface area contributed by atoms with Crippen molar-refractivity contribution < 1.29 is 9.53 Å². The molecule has 36 heavy (non-hydrogen) atoms. The highest BCUT2D eigenvalue weighted by molar-refractivity contribution is 7.22. The number of aryl methyl sites for hydroxylation is 1. The summed E-state index contributed by atoms with van der Waals surface area (Å²) in [4.78, 5) is 24.6. The van der Waals surface area contributed by atoms with Crippen LogP contribution in [0.2, 0.25) is 5.02 Å². The fraction of sp³-hybridized carbons (Fsp3) is 0.345. The Morgan fingerprint density at radius 1 is 1.17 bits per heavy atom. The van der Waals surface area contributed by atoms with Crippen molar-refractivity contribution in [2.75, 3.05) is 11.4 Å². The van der Waals surface area contributed by atoms with Crippen LogP contribution in [-0.2, 0) is 22.5 Å². The van der Waals surface area contributed by atoms with Gasteiger partial charge in [-0.3, -0.25) is 9.78 Å². The Morgan fingerprint density at radius 2 is 1.92 bits per heavy atom. The van der Waals surface area contributed by atoms with E-state index in [1.54, 1.807) is 18.3 Å². The molecule has 0 radical (unpaired) electrons. The summed E-state index contributed by atoms with van der Waals surface area (Å²) in [6.45, 7) is 11.3. The summed E-state index contributed by atoms with van der Waals surface area (Å²) in [7, 11) is 0. The molecule has 2 aromatic heterocycles. The lowest BCUT2D eigenvalue weighted by atomic mass is 9.90. The maximum Gasteiger partial charge on any atom is 0.186 e. The van der Waals surface area contributed by atoms with Gasteiger partial charge in [0.2, 0.25) is 0 Å². The molecule has 0 spiro atoms. The van der Waals surface area contributed by atoms with Crippen molar-refractivity contribution in [3.63, 3.8) is 0 Å². The number of rotatable bonds is 5. The molecule has 0 saturated carbocycles. The van der Waals surface area contributed by atoms with Gasteiger partial charge in [-0.2, -0.15) is 0 Å². The highest BCUT2D eigenvalue weighted by Gasteiger charge is 2.31. The first kappa shape index (κ1) is 24.9. The average molecular weight is 520 g/mol. The number of hydrogen-bond acceptors (Lipinski definition) is 6. The summed E-state index contributed by atoms with van der Waals surface area (Å²) in [6.07, 6.45) is 4.09. The van der Waals surface area contributed by atoms with Gasteiger partial charge in [-0.15, -0.1) is 0 Å². The minimum atomic E-state index is -0.681. The van der Waals surface area contributed by atoms with Crippen LogP contribution in [0.15, 0.2) is 48.8 Å². The number of anilines is 1. The van der Waals surface area contributed by atoms with Crippen molar-refractivity contribution in [2.24, 2.45) is 0 Å². The molecule has 7 heteroatoms. The second-order valence-electron chi connectivity index (χ2n) is 10.4. The minimum Gasteiger partial charge on any atom is -0.360 e. The van der Waals surface area contributed by atoms with E-state index in [-0.39, 0.29) is 5.78 Å². The summed E-state index contributed by atoms with van der Waals surface area (Å²) in [5.74, 6) is -0.0198. The predicted octanol–water partition coefficient (Wildman–Crippen LogP) is 7.33. The van der Waals surface area contributed by atoms with Crippen LogP contribution in [0.25, 0.3) is 21.3 Å². The van der Waals surface area contributed by atoms with Crippen molar-refractivity contribution >= 4 is 44.1 Å². The summed E-state index contributed by atoms with van der Waals surface area (Å²) in [6, 6.07) is 12.0. The fourth-order valence-corrected chi connectivity index (χ4v) is 6.09. The molecule has 0 saturated heterocycles. The van der Waals surface area contributed by atoms with Crippen molar-refractivity contribution in [3.8, 4) is 11.1 Å². The van der Waals surface area contributed by atoms with Crippen LogP contribution in [0, 0.1) is 6.92 Å². The van der Waals surface area contributed by atoms with Gasteiger partial charge in [0.1, 0.15) is 6.10 Å². The molecule has 1 atom stereocenters. The second-order valence-corrected chi connectivity index (χ2v) is 11.8. The molecular weight excluding hydrogens is 490 g/mol. The number of Topliss-reactive ketones (excluding diaryl/α,β-unsaturated/α-hetero) is 1. The number of halogens is 1. The summed E-state index contributed by atoms with van der Waals surface area (Å²) < 4.78 is 7.41. The maximum atomic E-state index is 12.9. The molecule has 0 fully saturated rings. The Hall–Kier alpha value is -2.80. The number of aromatic nitrogens is 2. The molecule has 1 aliphatic rings. The molecule has 0 unspecified atom stereocenters. The van der Waals surface area contributed by atoms with Crippen LogP contribution in [0.1, 0.15) is 56.1 Å². The highest BCUT2D eigenvalue weighted by Crippen LogP contribution is 2.44. The van der Waals surface area contributed by atoms with Gasteiger partial charge in [-0.05, 0) is 87.6 Å². The number of carbonyl (C=O) groups is 1. The van der Waals surface area contributed by atoms with Gasteiger partial charge in [0, 0.05) is 41.6 Å². The molecule has 5 nitrogen and oxygen atoms in total. The monoisotopic (exact) mass is 519 g/mol. The van der Waals surface area contributed by atoms with E-state index in [4.69, 9.17) is 21.3 Å². The first-order valence-electron chi connectivity index (χ1n) is 12.2. The Labute approximate surface area is 221 Å². The van der Waals surface area contributed by atoms with E-state index in [0.717, 1.165) is 57.1 Å². The van der Waals surface area contributed by atoms with Gasteiger partial charge in [0.25, 0.3) is 0 Å². The topological polar surface area (TPSA) is 55.3 Å². The van der Waals surface area contributed by atoms with Gasteiger partial charge in [0.05, 0.1) is 15.8 Å². The zero-order valence-electron chi connectivity index (χ0n) is 21.3. The molecule has 1 aliphatic heterocycles.